The summed E-state index contributed by atoms with van der Waals surface area (Å²) in [5.41, 5.74) is 0. The van der Waals surface area contributed by atoms with E-state index in [1.165, 1.54) is 4.88 Å². The lowest BCUT2D eigenvalue weighted by Crippen LogP contribution is -2.37. The van der Waals surface area contributed by atoms with Gasteiger partial charge in [0.2, 0.25) is 5.91 Å². The van der Waals surface area contributed by atoms with E-state index in [9.17, 15) is 4.79 Å². The van der Waals surface area contributed by atoms with Gasteiger partial charge in [0.1, 0.15) is 0 Å². The highest BCUT2D eigenvalue weighted by molar-refractivity contribution is 7.09. The van der Waals surface area contributed by atoms with Crippen LogP contribution < -0.4 is 0 Å². The minimum absolute atomic E-state index is 0.0884. The monoisotopic (exact) mass is 275 g/mol. The van der Waals surface area contributed by atoms with E-state index in [2.05, 4.69) is 0 Å². The fraction of sp³-hybridized carbons (Fsp3) is 0.583. The minimum Gasteiger partial charge on any atom is -0.383 e. The molecule has 96 valence electrons. The standard InChI is InChI=1S/C12H18ClNO2S/c1-10(8-13)12(15)14(5-6-16-2)9-11-4-3-7-17-11/h3-4,7,10H,5-6,8-9H2,1-2H3. The summed E-state index contributed by atoms with van der Waals surface area (Å²) < 4.78 is 5.03. The van der Waals surface area contributed by atoms with Crippen LogP contribution in [0.5, 0.6) is 0 Å². The van der Waals surface area contributed by atoms with Gasteiger partial charge in [-0.3, -0.25) is 4.79 Å². The van der Waals surface area contributed by atoms with Crippen LogP contribution in [0.4, 0.5) is 0 Å². The molecular formula is C12H18ClNO2S. The quantitative estimate of drug-likeness (QED) is 0.716. The molecule has 0 spiro atoms. The molecule has 1 heterocycles. The lowest BCUT2D eigenvalue weighted by Gasteiger charge is -2.24. The van der Waals surface area contributed by atoms with E-state index in [0.29, 0.717) is 25.6 Å². The fourth-order valence-electron chi connectivity index (χ4n) is 1.44. The molecule has 0 radical (unpaired) electrons. The third-order valence-electron chi connectivity index (χ3n) is 2.46. The Hall–Kier alpha value is -0.580. The largest absolute Gasteiger partial charge is 0.383 e. The molecule has 0 saturated carbocycles. The second-order valence-electron chi connectivity index (χ2n) is 3.89. The van der Waals surface area contributed by atoms with Gasteiger partial charge in [-0.2, -0.15) is 0 Å². The summed E-state index contributed by atoms with van der Waals surface area (Å²) in [4.78, 5) is 15.1. The van der Waals surface area contributed by atoms with Crippen molar-refractivity contribution in [1.82, 2.24) is 4.90 Å². The zero-order valence-corrected chi connectivity index (χ0v) is 11.8. The van der Waals surface area contributed by atoms with E-state index < -0.39 is 0 Å². The van der Waals surface area contributed by atoms with Crippen molar-refractivity contribution in [2.45, 2.75) is 13.5 Å². The van der Waals surface area contributed by atoms with Crippen molar-refractivity contribution in [2.24, 2.45) is 5.92 Å². The summed E-state index contributed by atoms with van der Waals surface area (Å²) in [6.45, 7) is 3.64. The Bertz CT molecular complexity index is 329. The van der Waals surface area contributed by atoms with Crippen LogP contribution in [0.15, 0.2) is 17.5 Å². The number of ether oxygens (including phenoxy) is 1. The lowest BCUT2D eigenvalue weighted by molar-refractivity contribution is -0.135. The highest BCUT2D eigenvalue weighted by Crippen LogP contribution is 2.14. The molecule has 0 bridgehead atoms. The van der Waals surface area contributed by atoms with Crippen molar-refractivity contribution < 1.29 is 9.53 Å². The van der Waals surface area contributed by atoms with Crippen LogP contribution in [0.2, 0.25) is 0 Å². The Morgan fingerprint density at radius 2 is 2.41 bits per heavy atom. The van der Waals surface area contributed by atoms with Crippen molar-refractivity contribution in [3.05, 3.63) is 22.4 Å². The molecule has 1 unspecified atom stereocenters. The highest BCUT2D eigenvalue weighted by atomic mass is 35.5. The maximum absolute atomic E-state index is 12.1. The maximum Gasteiger partial charge on any atom is 0.227 e. The number of hydrogen-bond donors (Lipinski definition) is 0. The van der Waals surface area contributed by atoms with Crippen LogP contribution in [0.3, 0.4) is 0 Å². The molecular weight excluding hydrogens is 258 g/mol. The third kappa shape index (κ3) is 4.66. The number of carbonyl (C=O) groups excluding carboxylic acids is 1. The van der Waals surface area contributed by atoms with Crippen molar-refractivity contribution in [3.8, 4) is 0 Å². The third-order valence-corrected chi connectivity index (χ3v) is 3.78. The molecule has 17 heavy (non-hydrogen) atoms. The number of methoxy groups -OCH3 is 1. The van der Waals surface area contributed by atoms with Crippen LogP contribution in [0, 0.1) is 5.92 Å². The summed E-state index contributed by atoms with van der Waals surface area (Å²) in [6, 6.07) is 4.02. The molecule has 1 aromatic heterocycles. The molecule has 0 N–H and O–H groups in total. The highest BCUT2D eigenvalue weighted by Gasteiger charge is 2.19. The van der Waals surface area contributed by atoms with Crippen LogP contribution in [-0.4, -0.2) is 36.9 Å². The Morgan fingerprint density at radius 3 is 2.94 bits per heavy atom. The predicted octanol–water partition coefficient (Wildman–Crippen LogP) is 2.60. The Balaban J connectivity index is 2.62. The second-order valence-corrected chi connectivity index (χ2v) is 5.23. The zero-order chi connectivity index (χ0) is 12.7. The Labute approximate surface area is 111 Å². The summed E-state index contributed by atoms with van der Waals surface area (Å²) in [7, 11) is 1.64. The topological polar surface area (TPSA) is 29.5 Å². The summed E-state index contributed by atoms with van der Waals surface area (Å²) in [5, 5.41) is 2.01. The van der Waals surface area contributed by atoms with Crippen molar-refractivity contribution in [1.29, 1.82) is 0 Å². The van der Waals surface area contributed by atoms with Gasteiger partial charge in [-0.05, 0) is 11.4 Å². The molecule has 3 nitrogen and oxygen atoms in total. The Kier molecular flexibility index (Phi) is 6.55. The van der Waals surface area contributed by atoms with Crippen LogP contribution in [0.25, 0.3) is 0 Å². The average Bonchev–Trinajstić information content (AvgIpc) is 2.85. The van der Waals surface area contributed by atoms with Gasteiger partial charge in [0, 0.05) is 30.3 Å². The number of halogens is 1. The van der Waals surface area contributed by atoms with Gasteiger partial charge in [0.05, 0.1) is 13.2 Å². The van der Waals surface area contributed by atoms with Crippen molar-refractivity contribution in [2.75, 3.05) is 26.1 Å². The molecule has 1 rings (SSSR count). The molecule has 0 aliphatic heterocycles. The van der Waals surface area contributed by atoms with Gasteiger partial charge >= 0.3 is 0 Å². The zero-order valence-electron chi connectivity index (χ0n) is 10.2. The average molecular weight is 276 g/mol. The molecule has 0 aliphatic carbocycles. The molecule has 0 aliphatic rings. The van der Waals surface area contributed by atoms with Gasteiger partial charge in [-0.1, -0.05) is 13.0 Å². The predicted molar refractivity (Wildman–Crippen MR) is 71.5 cm³/mol. The molecule has 5 heteroatoms. The Morgan fingerprint density at radius 1 is 1.65 bits per heavy atom. The van der Waals surface area contributed by atoms with E-state index in [1.54, 1.807) is 18.4 Å². The fourth-order valence-corrected chi connectivity index (χ4v) is 2.29. The smallest absolute Gasteiger partial charge is 0.227 e. The van der Waals surface area contributed by atoms with Crippen molar-refractivity contribution in [3.63, 3.8) is 0 Å². The van der Waals surface area contributed by atoms with Crippen LogP contribution in [-0.2, 0) is 16.1 Å². The van der Waals surface area contributed by atoms with E-state index >= 15 is 0 Å². The number of rotatable bonds is 7. The van der Waals surface area contributed by atoms with E-state index in [0.717, 1.165) is 0 Å². The lowest BCUT2D eigenvalue weighted by atomic mass is 10.2. The number of thiophene rings is 1. The molecule has 0 fully saturated rings. The van der Waals surface area contributed by atoms with Gasteiger partial charge < -0.3 is 9.64 Å². The first kappa shape index (κ1) is 14.5. The molecule has 0 saturated heterocycles. The molecule has 1 amide bonds. The van der Waals surface area contributed by atoms with Gasteiger partial charge in [-0.25, -0.2) is 0 Å². The first-order valence-corrected chi connectivity index (χ1v) is 6.96. The maximum atomic E-state index is 12.1. The number of hydrogen-bond acceptors (Lipinski definition) is 3. The molecule has 1 atom stereocenters. The van der Waals surface area contributed by atoms with Crippen LogP contribution in [0.1, 0.15) is 11.8 Å². The van der Waals surface area contributed by atoms with E-state index in [1.807, 2.05) is 29.3 Å². The first-order chi connectivity index (χ1) is 8.19. The van der Waals surface area contributed by atoms with E-state index in [-0.39, 0.29) is 11.8 Å². The summed E-state index contributed by atoms with van der Waals surface area (Å²) in [6.07, 6.45) is 0. The summed E-state index contributed by atoms with van der Waals surface area (Å²) >= 11 is 7.38. The number of carbonyl (C=O) groups is 1. The van der Waals surface area contributed by atoms with Gasteiger partial charge in [-0.15, -0.1) is 22.9 Å². The van der Waals surface area contributed by atoms with E-state index in [4.69, 9.17) is 16.3 Å². The van der Waals surface area contributed by atoms with Crippen molar-refractivity contribution >= 4 is 28.8 Å². The second kappa shape index (κ2) is 7.69. The number of amides is 1. The van der Waals surface area contributed by atoms with Gasteiger partial charge in [0.15, 0.2) is 0 Å². The van der Waals surface area contributed by atoms with Gasteiger partial charge in [0.25, 0.3) is 0 Å². The number of nitrogens with zero attached hydrogens (tertiary/aromatic N) is 1. The molecule has 1 aromatic rings. The summed E-state index contributed by atoms with van der Waals surface area (Å²) in [5.74, 6) is 0.297. The SMILES string of the molecule is COCCN(Cc1cccs1)C(=O)C(C)CCl. The number of alkyl halides is 1. The minimum atomic E-state index is -0.145. The van der Waals surface area contributed by atoms with Crippen LogP contribution >= 0.6 is 22.9 Å². The first-order valence-electron chi connectivity index (χ1n) is 5.55. The molecule has 0 aromatic carbocycles. The normalized spacial score (nSPS) is 12.4.